The summed E-state index contributed by atoms with van der Waals surface area (Å²) in [5.41, 5.74) is 0.211. The van der Waals surface area contributed by atoms with Crippen LogP contribution in [0.1, 0.15) is 11.1 Å². The predicted molar refractivity (Wildman–Crippen MR) is 107 cm³/mol. The van der Waals surface area contributed by atoms with Crippen LogP contribution in [0.2, 0.25) is 0 Å². The van der Waals surface area contributed by atoms with Crippen molar-refractivity contribution >= 4 is 29.0 Å². The minimum absolute atomic E-state index is 0.0310. The molecule has 0 amide bonds. The van der Waals surface area contributed by atoms with Gasteiger partial charge in [-0.15, -0.1) is 0 Å². The molecule has 4 aromatic rings. The number of hydrogen-bond acceptors (Lipinski definition) is 0. The molecule has 0 saturated heterocycles. The molecule has 154 valence electrons. The van der Waals surface area contributed by atoms with Crippen LogP contribution >= 0.6 is 0 Å². The molecule has 2 aromatic carbocycles. The fourth-order valence-electron chi connectivity index (χ4n) is 2.90. The van der Waals surface area contributed by atoms with E-state index in [0.29, 0.717) is 0 Å². The third-order valence-corrected chi connectivity index (χ3v) is 10.0. The topological polar surface area (TPSA) is 0 Å². The zero-order valence-corrected chi connectivity index (χ0v) is 18.4. The van der Waals surface area contributed by atoms with E-state index in [0.717, 1.165) is 53.1 Å². The van der Waals surface area contributed by atoms with E-state index in [1.807, 2.05) is 24.3 Å². The van der Waals surface area contributed by atoms with E-state index in [1.165, 1.54) is 24.3 Å². The first-order valence-electron chi connectivity index (χ1n) is 8.66. The van der Waals surface area contributed by atoms with Crippen LogP contribution in [0.3, 0.4) is 0 Å². The zero-order chi connectivity index (χ0) is 21.5. The molecule has 0 bridgehead atoms. The second kappa shape index (κ2) is 7.93. The Balaban J connectivity index is 1.56. The normalized spacial score (nSPS) is 12.3. The van der Waals surface area contributed by atoms with Gasteiger partial charge in [-0.3, -0.25) is 0 Å². The van der Waals surface area contributed by atoms with Gasteiger partial charge in [0.05, 0.1) is 0 Å². The van der Waals surface area contributed by atoms with Gasteiger partial charge in [-0.25, -0.2) is 0 Å². The van der Waals surface area contributed by atoms with Crippen molar-refractivity contribution < 1.29 is 26.3 Å². The summed E-state index contributed by atoms with van der Waals surface area (Å²) in [5, 5.41) is 0. The molecule has 0 saturated carbocycles. The standard InChI is InChI=1S/C22H12F6Se2/c23-21(24,25)15-5-1-13(2-6-15)17-9-11-19(29-17)20-12-10-18(30-20)14-3-7-16(8-4-14)22(26,27)28/h1-12H. The second-order valence-corrected chi connectivity index (χ2v) is 11.0. The van der Waals surface area contributed by atoms with Crippen molar-refractivity contribution in [2.75, 3.05) is 0 Å². The van der Waals surface area contributed by atoms with Crippen molar-refractivity contribution in [3.05, 3.63) is 83.9 Å². The Hall–Kier alpha value is -1.98. The summed E-state index contributed by atoms with van der Waals surface area (Å²) in [6.45, 7) is 0. The summed E-state index contributed by atoms with van der Waals surface area (Å²) in [6.07, 6.45) is -8.70. The Morgan fingerprint density at radius 3 is 1.00 bits per heavy atom. The molecule has 0 fully saturated rings. The minimum atomic E-state index is -4.35. The molecule has 0 aliphatic rings. The Morgan fingerprint density at radius 1 is 0.400 bits per heavy atom. The van der Waals surface area contributed by atoms with E-state index in [-0.39, 0.29) is 29.0 Å². The quantitative estimate of drug-likeness (QED) is 0.194. The summed E-state index contributed by atoms with van der Waals surface area (Å²) >= 11 is -0.0620. The fraction of sp³-hybridized carbons (Fsp3) is 0.0909. The first kappa shape index (κ1) is 21.3. The van der Waals surface area contributed by atoms with Crippen LogP contribution in [0.4, 0.5) is 26.3 Å². The number of benzene rings is 2. The van der Waals surface area contributed by atoms with Crippen molar-refractivity contribution in [1.29, 1.82) is 0 Å². The molecule has 2 heterocycles. The Kier molecular flexibility index (Phi) is 5.62. The van der Waals surface area contributed by atoms with Crippen LogP contribution < -0.4 is 0 Å². The van der Waals surface area contributed by atoms with Crippen molar-refractivity contribution in [2.24, 2.45) is 0 Å². The van der Waals surface area contributed by atoms with Gasteiger partial charge < -0.3 is 0 Å². The van der Waals surface area contributed by atoms with Gasteiger partial charge in [0.25, 0.3) is 0 Å². The van der Waals surface area contributed by atoms with Crippen LogP contribution in [0.15, 0.2) is 72.8 Å². The number of halogens is 6. The molecule has 4 rings (SSSR count). The molecular weight excluding hydrogens is 536 g/mol. The molecule has 0 atom stereocenters. The average molecular weight is 548 g/mol. The van der Waals surface area contributed by atoms with Crippen LogP contribution in [0.5, 0.6) is 0 Å². The molecule has 0 aliphatic carbocycles. The van der Waals surface area contributed by atoms with Gasteiger partial charge >= 0.3 is 181 Å². The number of alkyl halides is 6. The summed E-state index contributed by atoms with van der Waals surface area (Å²) in [5.74, 6) is 0. The van der Waals surface area contributed by atoms with Crippen LogP contribution in [0, 0.1) is 0 Å². The Labute approximate surface area is 180 Å². The third-order valence-electron chi connectivity index (χ3n) is 4.45. The van der Waals surface area contributed by atoms with Gasteiger partial charge in [0.1, 0.15) is 0 Å². The van der Waals surface area contributed by atoms with Gasteiger partial charge in [-0.05, 0) is 0 Å². The summed E-state index contributed by atoms with van der Waals surface area (Å²) in [6, 6.07) is 18.2. The molecule has 0 radical (unpaired) electrons. The van der Waals surface area contributed by atoms with Gasteiger partial charge in [0.2, 0.25) is 0 Å². The zero-order valence-electron chi connectivity index (χ0n) is 15.0. The molecule has 0 N–H and O–H groups in total. The van der Waals surface area contributed by atoms with Gasteiger partial charge in [0, 0.05) is 0 Å². The van der Waals surface area contributed by atoms with Crippen molar-refractivity contribution in [1.82, 2.24) is 0 Å². The first-order valence-corrected chi connectivity index (χ1v) is 12.1. The van der Waals surface area contributed by atoms with Crippen LogP contribution in [-0.4, -0.2) is 29.0 Å². The first-order chi connectivity index (χ1) is 14.1. The van der Waals surface area contributed by atoms with E-state index >= 15 is 0 Å². The van der Waals surface area contributed by atoms with Crippen LogP contribution in [-0.2, 0) is 12.4 Å². The van der Waals surface area contributed by atoms with Crippen molar-refractivity contribution in [3.8, 4) is 28.9 Å². The van der Waals surface area contributed by atoms with Crippen LogP contribution in [0.25, 0.3) is 28.9 Å². The van der Waals surface area contributed by atoms with E-state index in [9.17, 15) is 26.3 Å². The molecular formula is C22H12F6Se2. The predicted octanol–water partition coefficient (Wildman–Crippen LogP) is 6.84. The number of rotatable bonds is 3. The summed E-state index contributed by atoms with van der Waals surface area (Å²) < 4.78 is 80.7. The fourth-order valence-corrected chi connectivity index (χ4v) is 7.72. The van der Waals surface area contributed by atoms with Crippen molar-refractivity contribution in [3.63, 3.8) is 0 Å². The van der Waals surface area contributed by atoms with Gasteiger partial charge in [0.15, 0.2) is 0 Å². The summed E-state index contributed by atoms with van der Waals surface area (Å²) in [4.78, 5) is 0. The monoisotopic (exact) mass is 550 g/mol. The molecule has 2 aromatic heterocycles. The summed E-state index contributed by atoms with van der Waals surface area (Å²) in [7, 11) is 0. The molecule has 0 unspecified atom stereocenters. The third kappa shape index (κ3) is 4.52. The molecule has 0 aliphatic heterocycles. The Bertz CT molecular complexity index is 1050. The average Bonchev–Trinajstić information content (AvgIpc) is 3.36. The second-order valence-electron chi connectivity index (χ2n) is 6.48. The van der Waals surface area contributed by atoms with E-state index in [4.69, 9.17) is 0 Å². The maximum absolute atomic E-state index is 12.7. The molecule has 30 heavy (non-hydrogen) atoms. The van der Waals surface area contributed by atoms with Crippen molar-refractivity contribution in [2.45, 2.75) is 12.4 Å². The maximum atomic E-state index is 12.7. The molecule has 0 nitrogen and oxygen atoms in total. The van der Waals surface area contributed by atoms with Gasteiger partial charge in [-0.1, -0.05) is 0 Å². The van der Waals surface area contributed by atoms with E-state index < -0.39 is 23.5 Å². The molecule has 0 spiro atoms. The molecule has 8 heteroatoms. The number of hydrogen-bond donors (Lipinski definition) is 0. The van der Waals surface area contributed by atoms with E-state index in [2.05, 4.69) is 0 Å². The SMILES string of the molecule is FC(F)(F)c1ccc(-c2ccc(-c3ccc(-c4ccc(C(F)(F)F)cc4)[se]3)[se]2)cc1. The Morgan fingerprint density at radius 2 is 0.700 bits per heavy atom. The van der Waals surface area contributed by atoms with E-state index in [1.54, 1.807) is 0 Å². The van der Waals surface area contributed by atoms with Gasteiger partial charge in [-0.2, -0.15) is 0 Å².